The number of nitrogens with one attached hydrogen (secondary N) is 1. The summed E-state index contributed by atoms with van der Waals surface area (Å²) in [5, 5.41) is 12.6. The molecule has 1 atom stereocenters. The smallest absolute Gasteiger partial charge is 0.127 e. The number of pyridine rings is 1. The average molecular weight is 246 g/mol. The highest BCUT2D eigenvalue weighted by molar-refractivity contribution is 5.28. The van der Waals surface area contributed by atoms with E-state index in [2.05, 4.69) is 10.3 Å². The summed E-state index contributed by atoms with van der Waals surface area (Å²) in [4.78, 5) is 3.96. The highest BCUT2D eigenvalue weighted by Crippen LogP contribution is 2.16. The first-order chi connectivity index (χ1) is 8.65. The predicted molar refractivity (Wildman–Crippen MR) is 67.6 cm³/mol. The van der Waals surface area contributed by atoms with Crippen LogP contribution in [-0.4, -0.2) is 10.1 Å². The number of hydrogen-bond donors (Lipinski definition) is 2. The number of nitrogens with zero attached hydrogens (tertiary/aromatic N) is 1. The van der Waals surface area contributed by atoms with Crippen LogP contribution < -0.4 is 5.32 Å². The summed E-state index contributed by atoms with van der Waals surface area (Å²) in [6.07, 6.45) is 3.48. The zero-order chi connectivity index (χ0) is 13.0. The van der Waals surface area contributed by atoms with E-state index in [0.29, 0.717) is 12.1 Å². The van der Waals surface area contributed by atoms with E-state index < -0.39 is 5.82 Å². The van der Waals surface area contributed by atoms with Crippen molar-refractivity contribution in [3.8, 4) is 5.75 Å². The number of phenols is 1. The number of halogens is 1. The molecule has 1 aromatic heterocycles. The minimum atomic E-state index is -0.427. The first kappa shape index (κ1) is 12.5. The van der Waals surface area contributed by atoms with Crippen LogP contribution in [0.1, 0.15) is 24.1 Å². The van der Waals surface area contributed by atoms with E-state index >= 15 is 0 Å². The van der Waals surface area contributed by atoms with Crippen LogP contribution in [0.2, 0.25) is 0 Å². The van der Waals surface area contributed by atoms with E-state index in [9.17, 15) is 9.50 Å². The fraction of sp³-hybridized carbons (Fsp3) is 0.214. The summed E-state index contributed by atoms with van der Waals surface area (Å²) in [7, 11) is 0. The minimum absolute atomic E-state index is 0.0524. The van der Waals surface area contributed by atoms with Crippen LogP contribution in [0.5, 0.6) is 5.75 Å². The molecule has 2 aromatic rings. The lowest BCUT2D eigenvalue weighted by Crippen LogP contribution is -2.18. The molecule has 1 aromatic carbocycles. The lowest BCUT2D eigenvalue weighted by atomic mass is 10.1. The minimum Gasteiger partial charge on any atom is -0.508 e. The molecule has 0 aliphatic heterocycles. The number of aromatic hydroxyl groups is 1. The third-order valence-corrected chi connectivity index (χ3v) is 2.76. The molecule has 0 spiro atoms. The standard InChI is InChI=1S/C14H15FN2O/c1-10(12-2-4-16-5-3-12)17-9-11-6-13(15)8-14(18)7-11/h2-8,10,17-18H,9H2,1H3. The molecular formula is C14H15FN2O. The maximum atomic E-state index is 13.1. The number of benzene rings is 1. The van der Waals surface area contributed by atoms with E-state index in [-0.39, 0.29) is 11.8 Å². The fourth-order valence-corrected chi connectivity index (χ4v) is 1.78. The first-order valence-electron chi connectivity index (χ1n) is 5.77. The second-order valence-electron chi connectivity index (χ2n) is 4.20. The third kappa shape index (κ3) is 3.28. The van der Waals surface area contributed by atoms with Gasteiger partial charge in [-0.05, 0) is 42.3 Å². The monoisotopic (exact) mass is 246 g/mol. The van der Waals surface area contributed by atoms with Crippen LogP contribution in [-0.2, 0) is 6.54 Å². The van der Waals surface area contributed by atoms with Gasteiger partial charge in [0.1, 0.15) is 11.6 Å². The van der Waals surface area contributed by atoms with Gasteiger partial charge in [0, 0.05) is 31.0 Å². The number of hydrogen-bond acceptors (Lipinski definition) is 3. The Bertz CT molecular complexity index is 496. The highest BCUT2D eigenvalue weighted by Gasteiger charge is 2.05. The topological polar surface area (TPSA) is 45.1 Å². The summed E-state index contributed by atoms with van der Waals surface area (Å²) >= 11 is 0. The van der Waals surface area contributed by atoms with E-state index in [1.54, 1.807) is 18.5 Å². The number of phenolic OH excluding ortho intramolecular Hbond substituents is 1. The molecule has 2 N–H and O–H groups in total. The largest absolute Gasteiger partial charge is 0.508 e. The fourth-order valence-electron chi connectivity index (χ4n) is 1.78. The van der Waals surface area contributed by atoms with E-state index in [0.717, 1.165) is 11.6 Å². The van der Waals surface area contributed by atoms with Gasteiger partial charge in [-0.15, -0.1) is 0 Å². The summed E-state index contributed by atoms with van der Waals surface area (Å²) < 4.78 is 13.1. The molecule has 18 heavy (non-hydrogen) atoms. The molecule has 0 aliphatic carbocycles. The number of aromatic nitrogens is 1. The predicted octanol–water partition coefficient (Wildman–Crippen LogP) is 2.78. The van der Waals surface area contributed by atoms with Crippen LogP contribution in [0.25, 0.3) is 0 Å². The lowest BCUT2D eigenvalue weighted by Gasteiger charge is -2.14. The molecule has 0 bridgehead atoms. The summed E-state index contributed by atoms with van der Waals surface area (Å²) in [5.74, 6) is -0.480. The van der Waals surface area contributed by atoms with Crippen molar-refractivity contribution < 1.29 is 9.50 Å². The molecule has 1 unspecified atom stereocenters. The van der Waals surface area contributed by atoms with Crippen LogP contribution in [0.4, 0.5) is 4.39 Å². The van der Waals surface area contributed by atoms with Gasteiger partial charge in [0.2, 0.25) is 0 Å². The lowest BCUT2D eigenvalue weighted by molar-refractivity contribution is 0.466. The van der Waals surface area contributed by atoms with Crippen molar-refractivity contribution in [2.45, 2.75) is 19.5 Å². The molecule has 2 rings (SSSR count). The molecule has 3 nitrogen and oxygen atoms in total. The Hall–Kier alpha value is -1.94. The van der Waals surface area contributed by atoms with Gasteiger partial charge in [-0.3, -0.25) is 4.98 Å². The SMILES string of the molecule is CC(NCc1cc(O)cc(F)c1)c1ccncc1. The van der Waals surface area contributed by atoms with Crippen LogP contribution >= 0.6 is 0 Å². The maximum Gasteiger partial charge on any atom is 0.127 e. The Balaban J connectivity index is 1.99. The molecule has 0 aliphatic rings. The van der Waals surface area contributed by atoms with Gasteiger partial charge < -0.3 is 10.4 Å². The van der Waals surface area contributed by atoms with Crippen LogP contribution in [0, 0.1) is 5.82 Å². The molecular weight excluding hydrogens is 231 g/mol. The van der Waals surface area contributed by atoms with Crippen molar-refractivity contribution in [1.29, 1.82) is 0 Å². The normalized spacial score (nSPS) is 12.3. The first-order valence-corrected chi connectivity index (χ1v) is 5.77. The van der Waals surface area contributed by atoms with Gasteiger partial charge in [-0.2, -0.15) is 0 Å². The quantitative estimate of drug-likeness (QED) is 0.872. The van der Waals surface area contributed by atoms with E-state index in [4.69, 9.17) is 0 Å². The van der Waals surface area contributed by atoms with Gasteiger partial charge in [0.25, 0.3) is 0 Å². The molecule has 0 saturated carbocycles. The van der Waals surface area contributed by atoms with Gasteiger partial charge in [-0.1, -0.05) is 0 Å². The molecule has 4 heteroatoms. The van der Waals surface area contributed by atoms with Crippen molar-refractivity contribution in [3.63, 3.8) is 0 Å². The van der Waals surface area contributed by atoms with Gasteiger partial charge >= 0.3 is 0 Å². The summed E-state index contributed by atoms with van der Waals surface area (Å²) in [6, 6.07) is 8.05. The molecule has 0 amide bonds. The van der Waals surface area contributed by atoms with Gasteiger partial charge in [-0.25, -0.2) is 4.39 Å². The Morgan fingerprint density at radius 1 is 1.28 bits per heavy atom. The van der Waals surface area contributed by atoms with Crippen molar-refractivity contribution >= 4 is 0 Å². The zero-order valence-corrected chi connectivity index (χ0v) is 10.1. The molecule has 0 fully saturated rings. The van der Waals surface area contributed by atoms with Crippen LogP contribution in [0.3, 0.4) is 0 Å². The van der Waals surface area contributed by atoms with Crippen molar-refractivity contribution in [2.24, 2.45) is 0 Å². The average Bonchev–Trinajstić information content (AvgIpc) is 2.36. The maximum absolute atomic E-state index is 13.1. The second-order valence-corrected chi connectivity index (χ2v) is 4.20. The molecule has 0 radical (unpaired) electrons. The Morgan fingerprint density at radius 3 is 2.67 bits per heavy atom. The zero-order valence-electron chi connectivity index (χ0n) is 10.1. The molecule has 1 heterocycles. The van der Waals surface area contributed by atoms with Crippen molar-refractivity contribution in [3.05, 3.63) is 59.7 Å². The summed E-state index contributed by atoms with van der Waals surface area (Å²) in [5.41, 5.74) is 1.83. The molecule has 0 saturated heterocycles. The van der Waals surface area contributed by atoms with E-state index in [1.165, 1.54) is 6.07 Å². The van der Waals surface area contributed by atoms with Crippen molar-refractivity contribution in [1.82, 2.24) is 10.3 Å². The van der Waals surface area contributed by atoms with Gasteiger partial charge in [0.05, 0.1) is 0 Å². The highest BCUT2D eigenvalue weighted by atomic mass is 19.1. The second kappa shape index (κ2) is 5.60. The van der Waals surface area contributed by atoms with Gasteiger partial charge in [0.15, 0.2) is 0 Å². The Labute approximate surface area is 105 Å². The van der Waals surface area contributed by atoms with Crippen LogP contribution in [0.15, 0.2) is 42.7 Å². The van der Waals surface area contributed by atoms with Crippen molar-refractivity contribution in [2.75, 3.05) is 0 Å². The van der Waals surface area contributed by atoms with E-state index in [1.807, 2.05) is 19.1 Å². The molecule has 94 valence electrons. The summed E-state index contributed by atoms with van der Waals surface area (Å²) in [6.45, 7) is 2.52. The number of rotatable bonds is 4. The Kier molecular flexibility index (Phi) is 3.89. The Morgan fingerprint density at radius 2 is 2.00 bits per heavy atom. The third-order valence-electron chi connectivity index (χ3n) is 2.76.